The number of hydrogen-bond donors (Lipinski definition) is 0. The van der Waals surface area contributed by atoms with Crippen LogP contribution in [-0.4, -0.2) is 0 Å². The van der Waals surface area contributed by atoms with Crippen LogP contribution >= 0.6 is 0 Å². The average molecular weight is 571 g/mol. The second kappa shape index (κ2) is 9.29. The van der Waals surface area contributed by atoms with Crippen LogP contribution in [0, 0.1) is 0 Å². The van der Waals surface area contributed by atoms with Crippen LogP contribution in [-0.2, 0) is 0 Å². The summed E-state index contributed by atoms with van der Waals surface area (Å²) in [5.41, 5.74) is 6.88. The Hall–Kier alpha value is -5.92. The summed E-state index contributed by atoms with van der Waals surface area (Å²) in [6.45, 7) is 0. The van der Waals surface area contributed by atoms with Gasteiger partial charge in [-0.2, -0.15) is 0 Å². The Morgan fingerprint density at radius 2 is 0.822 bits per heavy atom. The zero-order valence-corrected chi connectivity index (χ0v) is 24.4. The summed E-state index contributed by atoms with van der Waals surface area (Å²) in [5, 5.41) is 14.6. The maximum atomic E-state index is 6.65. The lowest BCUT2D eigenvalue weighted by Gasteiger charge is -2.19. The third kappa shape index (κ3) is 3.56. The highest BCUT2D eigenvalue weighted by atomic mass is 16.3. The molecule has 0 spiro atoms. The van der Waals surface area contributed by atoms with Gasteiger partial charge >= 0.3 is 0 Å². The molecule has 0 N–H and O–H groups in total. The van der Waals surface area contributed by atoms with Crippen LogP contribution in [0.1, 0.15) is 0 Å². The van der Waals surface area contributed by atoms with Gasteiger partial charge in [0.25, 0.3) is 0 Å². The lowest BCUT2D eigenvalue weighted by molar-refractivity contribution is 0.673. The van der Waals surface area contributed by atoms with E-state index in [0.717, 1.165) is 27.3 Å². The molecule has 0 atom stereocenters. The first-order chi connectivity index (χ1) is 22.3. The van der Waals surface area contributed by atoms with Crippen molar-refractivity contribution in [3.63, 3.8) is 0 Å². The number of rotatable bonds is 2. The minimum atomic E-state index is 0.923. The molecule has 45 heavy (non-hydrogen) atoms. The molecule has 1 nitrogen and oxygen atoms in total. The second-order valence-corrected chi connectivity index (χ2v) is 12.0. The zero-order chi connectivity index (χ0) is 29.5. The number of furan rings is 1. The smallest absolute Gasteiger partial charge is 0.143 e. The molecule has 0 bridgehead atoms. The standard InChI is InChI=1S/C44H26O/c1-2-12-28-23-31(22-21-27(28)11-1)42-33-16-6-8-18-35(33)43(36-19-9-7-17-34(36)42)39-26-40-38-24-29-13-3-4-14-30(29)25-41(38)45-44(40)37-20-10-5-15-32(37)39/h1-26H. The summed E-state index contributed by atoms with van der Waals surface area (Å²) in [5.74, 6) is 0. The molecule has 10 rings (SSSR count). The van der Waals surface area contributed by atoms with Crippen molar-refractivity contribution < 1.29 is 4.42 Å². The van der Waals surface area contributed by atoms with Crippen molar-refractivity contribution in [2.24, 2.45) is 0 Å². The number of hydrogen-bond acceptors (Lipinski definition) is 1. The minimum Gasteiger partial charge on any atom is -0.455 e. The van der Waals surface area contributed by atoms with Crippen LogP contribution in [0.3, 0.4) is 0 Å². The number of benzene rings is 9. The van der Waals surface area contributed by atoms with Crippen LogP contribution < -0.4 is 0 Å². The van der Waals surface area contributed by atoms with E-state index in [1.165, 1.54) is 70.7 Å². The van der Waals surface area contributed by atoms with Crippen molar-refractivity contribution in [2.75, 3.05) is 0 Å². The molecule has 0 aliphatic heterocycles. The van der Waals surface area contributed by atoms with Crippen LogP contribution in [0.4, 0.5) is 0 Å². The van der Waals surface area contributed by atoms with E-state index < -0.39 is 0 Å². The van der Waals surface area contributed by atoms with E-state index in [-0.39, 0.29) is 0 Å². The molecule has 0 fully saturated rings. The van der Waals surface area contributed by atoms with E-state index in [2.05, 4.69) is 158 Å². The molecule has 0 radical (unpaired) electrons. The fraction of sp³-hybridized carbons (Fsp3) is 0. The predicted octanol–water partition coefficient (Wildman–Crippen LogP) is 12.7. The van der Waals surface area contributed by atoms with E-state index in [4.69, 9.17) is 4.42 Å². The first-order valence-electron chi connectivity index (χ1n) is 15.5. The topological polar surface area (TPSA) is 13.1 Å². The summed E-state index contributed by atoms with van der Waals surface area (Å²) in [7, 11) is 0. The first-order valence-corrected chi connectivity index (χ1v) is 15.5. The van der Waals surface area contributed by atoms with Gasteiger partial charge in [0.05, 0.1) is 0 Å². The fourth-order valence-corrected chi connectivity index (χ4v) is 7.56. The van der Waals surface area contributed by atoms with Gasteiger partial charge in [-0.1, -0.05) is 133 Å². The molecule has 0 saturated carbocycles. The maximum Gasteiger partial charge on any atom is 0.143 e. The molecule has 0 unspecified atom stereocenters. The van der Waals surface area contributed by atoms with Gasteiger partial charge in [-0.05, 0) is 95.0 Å². The summed E-state index contributed by atoms with van der Waals surface area (Å²) in [4.78, 5) is 0. The fourth-order valence-electron chi connectivity index (χ4n) is 7.56. The highest BCUT2D eigenvalue weighted by molar-refractivity contribution is 6.27. The van der Waals surface area contributed by atoms with Gasteiger partial charge in [0.2, 0.25) is 0 Å². The van der Waals surface area contributed by atoms with Gasteiger partial charge in [0.1, 0.15) is 11.2 Å². The van der Waals surface area contributed by atoms with Gasteiger partial charge in [0, 0.05) is 16.2 Å². The van der Waals surface area contributed by atoms with Gasteiger partial charge < -0.3 is 4.42 Å². The van der Waals surface area contributed by atoms with Gasteiger partial charge in [-0.15, -0.1) is 0 Å². The van der Waals surface area contributed by atoms with E-state index in [1.54, 1.807) is 0 Å². The summed E-state index contributed by atoms with van der Waals surface area (Å²) < 4.78 is 6.65. The van der Waals surface area contributed by atoms with Gasteiger partial charge in [-0.25, -0.2) is 0 Å². The predicted molar refractivity (Wildman–Crippen MR) is 192 cm³/mol. The quantitative estimate of drug-likeness (QED) is 0.188. The number of fused-ring (bicyclic) bond motifs is 9. The van der Waals surface area contributed by atoms with Crippen LogP contribution in [0.5, 0.6) is 0 Å². The lowest BCUT2D eigenvalue weighted by Crippen LogP contribution is -1.92. The molecule has 1 aromatic heterocycles. The molecule has 1 heteroatoms. The summed E-state index contributed by atoms with van der Waals surface area (Å²) in [6.07, 6.45) is 0. The van der Waals surface area contributed by atoms with Crippen molar-refractivity contribution in [3.8, 4) is 22.3 Å². The lowest BCUT2D eigenvalue weighted by atomic mass is 9.84. The Labute approximate surface area is 259 Å². The SMILES string of the molecule is c1ccc2cc(-c3c4ccccc4c(-c4cc5c6cc7ccccc7cc6oc5c5ccccc45)c4ccccc34)ccc2c1. The minimum absolute atomic E-state index is 0.923. The Kier molecular flexibility index (Phi) is 5.06. The van der Waals surface area contributed by atoms with E-state index in [1.807, 2.05) is 0 Å². The maximum absolute atomic E-state index is 6.65. The van der Waals surface area contributed by atoms with Crippen molar-refractivity contribution in [2.45, 2.75) is 0 Å². The normalized spacial score (nSPS) is 12.0. The average Bonchev–Trinajstić information content (AvgIpc) is 3.46. The molecule has 208 valence electrons. The van der Waals surface area contributed by atoms with Crippen molar-refractivity contribution in [1.82, 2.24) is 0 Å². The Morgan fingerprint density at radius 1 is 0.311 bits per heavy atom. The van der Waals surface area contributed by atoms with Crippen molar-refractivity contribution >= 4 is 75.8 Å². The molecular weight excluding hydrogens is 544 g/mol. The highest BCUT2D eigenvalue weighted by Crippen LogP contribution is 2.48. The second-order valence-electron chi connectivity index (χ2n) is 12.0. The summed E-state index contributed by atoms with van der Waals surface area (Å²) >= 11 is 0. The van der Waals surface area contributed by atoms with Crippen LogP contribution in [0.2, 0.25) is 0 Å². The Morgan fingerprint density at radius 3 is 1.49 bits per heavy atom. The van der Waals surface area contributed by atoms with E-state index >= 15 is 0 Å². The third-order valence-corrected chi connectivity index (χ3v) is 9.58. The molecular formula is C44H26O. The van der Waals surface area contributed by atoms with E-state index in [0.29, 0.717) is 0 Å². The molecule has 10 aromatic rings. The zero-order valence-electron chi connectivity index (χ0n) is 24.4. The third-order valence-electron chi connectivity index (χ3n) is 9.58. The molecule has 1 heterocycles. The van der Waals surface area contributed by atoms with Gasteiger partial charge in [-0.3, -0.25) is 0 Å². The Balaban J connectivity index is 1.36. The Bertz CT molecular complexity index is 2760. The molecule has 0 aliphatic rings. The van der Waals surface area contributed by atoms with Crippen LogP contribution in [0.15, 0.2) is 162 Å². The molecule has 0 amide bonds. The first kappa shape index (κ1) is 24.5. The molecule has 0 aliphatic carbocycles. The highest BCUT2D eigenvalue weighted by Gasteiger charge is 2.21. The van der Waals surface area contributed by atoms with Crippen molar-refractivity contribution in [1.29, 1.82) is 0 Å². The van der Waals surface area contributed by atoms with Gasteiger partial charge in [0.15, 0.2) is 0 Å². The largest absolute Gasteiger partial charge is 0.455 e. The van der Waals surface area contributed by atoms with Crippen LogP contribution in [0.25, 0.3) is 98.1 Å². The monoisotopic (exact) mass is 570 g/mol. The van der Waals surface area contributed by atoms with E-state index in [9.17, 15) is 0 Å². The molecule has 0 saturated heterocycles. The summed E-state index contributed by atoms with van der Waals surface area (Å²) in [6, 6.07) is 57.4. The molecule has 9 aromatic carbocycles. The van der Waals surface area contributed by atoms with Crippen molar-refractivity contribution in [3.05, 3.63) is 158 Å².